The van der Waals surface area contributed by atoms with Gasteiger partial charge in [0, 0.05) is 6.54 Å². The molecule has 5 nitrogen and oxygen atoms in total. The maximum atomic E-state index is 13.6. The second kappa shape index (κ2) is 6.83. The van der Waals surface area contributed by atoms with Crippen molar-refractivity contribution in [3.05, 3.63) is 29.3 Å². The molecular weight excluding hydrogens is 268 g/mol. The molecule has 1 rings (SSSR count). The normalized spacial score (nSPS) is 10.4. The molecule has 0 aromatic heterocycles. The highest BCUT2D eigenvalue weighted by atomic mass is 19.1. The molecule has 0 aliphatic heterocycles. The molecule has 20 heavy (non-hydrogen) atoms. The van der Waals surface area contributed by atoms with Gasteiger partial charge in [0.25, 0.3) is 5.91 Å². The van der Waals surface area contributed by atoms with Crippen LogP contribution < -0.4 is 16.4 Å². The molecular formula is C13H17F2N3O2. The van der Waals surface area contributed by atoms with Crippen molar-refractivity contribution >= 4 is 17.5 Å². The predicted octanol–water partition coefficient (Wildman–Crippen LogP) is 1.05. The zero-order chi connectivity index (χ0) is 15.3. The summed E-state index contributed by atoms with van der Waals surface area (Å²) in [5, 5.41) is 4.78. The van der Waals surface area contributed by atoms with Gasteiger partial charge in [0.15, 0.2) is 5.82 Å². The molecule has 110 valence electrons. The van der Waals surface area contributed by atoms with Crippen molar-refractivity contribution in [1.29, 1.82) is 0 Å². The summed E-state index contributed by atoms with van der Waals surface area (Å²) in [5.74, 6) is -2.86. The fraction of sp³-hybridized carbons (Fsp3) is 0.385. The van der Waals surface area contributed by atoms with E-state index in [0.717, 1.165) is 12.1 Å². The molecule has 0 saturated carbocycles. The Balaban J connectivity index is 2.62. The fourth-order valence-electron chi connectivity index (χ4n) is 1.41. The lowest BCUT2D eigenvalue weighted by molar-refractivity contribution is -0.120. The van der Waals surface area contributed by atoms with Crippen molar-refractivity contribution in [2.45, 2.75) is 13.8 Å². The van der Waals surface area contributed by atoms with Crippen molar-refractivity contribution in [1.82, 2.24) is 10.6 Å². The average molecular weight is 285 g/mol. The number of anilines is 1. The minimum Gasteiger partial charge on any atom is -0.396 e. The van der Waals surface area contributed by atoms with Gasteiger partial charge in [-0.25, -0.2) is 8.78 Å². The Morgan fingerprint density at radius 2 is 1.90 bits per heavy atom. The maximum absolute atomic E-state index is 13.6. The number of halogens is 2. The molecule has 0 spiro atoms. The van der Waals surface area contributed by atoms with Crippen molar-refractivity contribution < 1.29 is 18.4 Å². The van der Waals surface area contributed by atoms with E-state index in [-0.39, 0.29) is 12.5 Å². The standard InChI is InChI=1S/C13H17F2N3O2/c1-7(2)5-17-11(19)6-18-13(20)9-3-8(14)4-10(16)12(9)15/h3-4,7H,5-6,16H2,1-2H3,(H,17,19)(H,18,20). The Bertz CT molecular complexity index is 519. The molecule has 1 aromatic rings. The number of benzene rings is 1. The van der Waals surface area contributed by atoms with Crippen LogP contribution in [-0.4, -0.2) is 24.9 Å². The highest BCUT2D eigenvalue weighted by Crippen LogP contribution is 2.17. The van der Waals surface area contributed by atoms with Gasteiger partial charge in [0.05, 0.1) is 17.8 Å². The van der Waals surface area contributed by atoms with E-state index < -0.39 is 34.7 Å². The summed E-state index contributed by atoms with van der Waals surface area (Å²) < 4.78 is 26.6. The number of nitrogen functional groups attached to an aromatic ring is 1. The molecule has 0 unspecified atom stereocenters. The molecule has 0 saturated heterocycles. The number of carbonyl (C=O) groups is 2. The molecule has 0 atom stereocenters. The van der Waals surface area contributed by atoms with Crippen LogP contribution in [0.25, 0.3) is 0 Å². The second-order valence-electron chi connectivity index (χ2n) is 4.74. The molecule has 0 bridgehead atoms. The first-order valence-corrected chi connectivity index (χ1v) is 6.10. The number of carbonyl (C=O) groups excluding carboxylic acids is 2. The van der Waals surface area contributed by atoms with Gasteiger partial charge in [-0.2, -0.15) is 0 Å². The van der Waals surface area contributed by atoms with Gasteiger partial charge in [0.2, 0.25) is 5.91 Å². The van der Waals surface area contributed by atoms with Crippen molar-refractivity contribution in [3.8, 4) is 0 Å². The minimum atomic E-state index is -1.01. The Morgan fingerprint density at radius 3 is 2.50 bits per heavy atom. The van der Waals surface area contributed by atoms with E-state index in [9.17, 15) is 18.4 Å². The van der Waals surface area contributed by atoms with Gasteiger partial charge in [-0.05, 0) is 18.1 Å². The molecule has 0 aliphatic carbocycles. The highest BCUT2D eigenvalue weighted by molar-refractivity contribution is 5.97. The lowest BCUT2D eigenvalue weighted by Gasteiger charge is -2.09. The molecule has 2 amide bonds. The summed E-state index contributed by atoms with van der Waals surface area (Å²) in [6.45, 7) is 3.99. The third-order valence-electron chi connectivity index (χ3n) is 2.43. The Labute approximate surface area is 115 Å². The highest BCUT2D eigenvalue weighted by Gasteiger charge is 2.16. The lowest BCUT2D eigenvalue weighted by Crippen LogP contribution is -2.38. The van der Waals surface area contributed by atoms with Crippen molar-refractivity contribution in [2.24, 2.45) is 5.92 Å². The topological polar surface area (TPSA) is 84.2 Å². The summed E-state index contributed by atoms with van der Waals surface area (Å²) in [4.78, 5) is 23.0. The molecule has 0 fully saturated rings. The molecule has 0 heterocycles. The van der Waals surface area contributed by atoms with Gasteiger partial charge in [-0.1, -0.05) is 13.8 Å². The van der Waals surface area contributed by atoms with Crippen LogP contribution in [-0.2, 0) is 4.79 Å². The van der Waals surface area contributed by atoms with Crippen LogP contribution in [0.3, 0.4) is 0 Å². The average Bonchev–Trinajstić information content (AvgIpc) is 2.37. The Kier molecular flexibility index (Phi) is 5.42. The summed E-state index contributed by atoms with van der Waals surface area (Å²) in [6, 6.07) is 1.51. The molecule has 0 aliphatic rings. The van der Waals surface area contributed by atoms with Gasteiger partial charge < -0.3 is 16.4 Å². The fourth-order valence-corrected chi connectivity index (χ4v) is 1.41. The van der Waals surface area contributed by atoms with Crippen LogP contribution in [0.5, 0.6) is 0 Å². The number of hydrogen-bond donors (Lipinski definition) is 3. The van der Waals surface area contributed by atoms with Crippen LogP contribution in [0.15, 0.2) is 12.1 Å². The predicted molar refractivity (Wildman–Crippen MR) is 71.0 cm³/mol. The van der Waals surface area contributed by atoms with Crippen molar-refractivity contribution in [3.63, 3.8) is 0 Å². The quantitative estimate of drug-likeness (QED) is 0.707. The van der Waals surface area contributed by atoms with Gasteiger partial charge in [0.1, 0.15) is 5.82 Å². The van der Waals surface area contributed by atoms with Crippen LogP contribution in [0, 0.1) is 17.6 Å². The van der Waals surface area contributed by atoms with Gasteiger partial charge >= 0.3 is 0 Å². The summed E-state index contributed by atoms with van der Waals surface area (Å²) in [6.07, 6.45) is 0. The summed E-state index contributed by atoms with van der Waals surface area (Å²) in [7, 11) is 0. The SMILES string of the molecule is CC(C)CNC(=O)CNC(=O)c1cc(F)cc(N)c1F. The molecule has 1 aromatic carbocycles. The van der Waals surface area contributed by atoms with E-state index in [0.29, 0.717) is 6.54 Å². The lowest BCUT2D eigenvalue weighted by atomic mass is 10.1. The van der Waals surface area contributed by atoms with E-state index in [1.165, 1.54) is 0 Å². The number of rotatable bonds is 5. The zero-order valence-corrected chi connectivity index (χ0v) is 11.3. The van der Waals surface area contributed by atoms with Crippen LogP contribution in [0.2, 0.25) is 0 Å². The Hall–Kier alpha value is -2.18. The first kappa shape index (κ1) is 15.9. The smallest absolute Gasteiger partial charge is 0.254 e. The Morgan fingerprint density at radius 1 is 1.25 bits per heavy atom. The number of nitrogens with one attached hydrogen (secondary N) is 2. The van der Waals surface area contributed by atoms with Gasteiger partial charge in [-0.3, -0.25) is 9.59 Å². The van der Waals surface area contributed by atoms with E-state index in [1.807, 2.05) is 13.8 Å². The van der Waals surface area contributed by atoms with Crippen LogP contribution >= 0.6 is 0 Å². The first-order chi connectivity index (χ1) is 9.31. The third-order valence-corrected chi connectivity index (χ3v) is 2.43. The molecule has 4 N–H and O–H groups in total. The zero-order valence-electron chi connectivity index (χ0n) is 11.3. The first-order valence-electron chi connectivity index (χ1n) is 6.10. The van der Waals surface area contributed by atoms with Gasteiger partial charge in [-0.15, -0.1) is 0 Å². The maximum Gasteiger partial charge on any atom is 0.254 e. The molecule has 7 heteroatoms. The van der Waals surface area contributed by atoms with Crippen LogP contribution in [0.4, 0.5) is 14.5 Å². The van der Waals surface area contributed by atoms with Crippen molar-refractivity contribution in [2.75, 3.05) is 18.8 Å². The second-order valence-corrected chi connectivity index (χ2v) is 4.74. The molecule has 0 radical (unpaired) electrons. The number of amides is 2. The monoisotopic (exact) mass is 285 g/mol. The van der Waals surface area contributed by atoms with E-state index in [4.69, 9.17) is 5.73 Å². The number of nitrogens with two attached hydrogens (primary N) is 1. The van der Waals surface area contributed by atoms with E-state index in [1.54, 1.807) is 0 Å². The van der Waals surface area contributed by atoms with Crippen LogP contribution in [0.1, 0.15) is 24.2 Å². The number of hydrogen-bond acceptors (Lipinski definition) is 3. The third kappa shape index (κ3) is 4.49. The summed E-state index contributed by atoms with van der Waals surface area (Å²) >= 11 is 0. The van der Waals surface area contributed by atoms with E-state index >= 15 is 0 Å². The largest absolute Gasteiger partial charge is 0.396 e. The minimum absolute atomic E-state index is 0.273. The summed E-state index contributed by atoms with van der Waals surface area (Å²) in [5.41, 5.74) is 4.23. The van der Waals surface area contributed by atoms with E-state index in [2.05, 4.69) is 10.6 Å².